The summed E-state index contributed by atoms with van der Waals surface area (Å²) in [6.07, 6.45) is 0. The van der Waals surface area contributed by atoms with Gasteiger partial charge in [0.25, 0.3) is 5.91 Å². The van der Waals surface area contributed by atoms with E-state index in [1.807, 2.05) is 0 Å². The third-order valence-electron chi connectivity index (χ3n) is 3.78. The molecule has 2 aromatic carbocycles. The third-order valence-corrected chi connectivity index (χ3v) is 3.78. The van der Waals surface area contributed by atoms with Gasteiger partial charge in [0.1, 0.15) is 11.5 Å². The molecule has 8 heteroatoms. The number of halogens is 1. The van der Waals surface area contributed by atoms with E-state index in [2.05, 4.69) is 5.32 Å². The van der Waals surface area contributed by atoms with Gasteiger partial charge in [-0.2, -0.15) is 0 Å². The molecule has 0 heterocycles. The van der Waals surface area contributed by atoms with E-state index in [4.69, 9.17) is 19.3 Å². The van der Waals surface area contributed by atoms with E-state index in [1.165, 1.54) is 20.3 Å². The number of carbonyl (C=O) groups excluding carboxylic acids is 1. The number of hydrogen-bond acceptors (Lipinski definition) is 5. The van der Waals surface area contributed by atoms with Gasteiger partial charge < -0.3 is 24.6 Å². The van der Waals surface area contributed by atoms with E-state index in [0.29, 0.717) is 22.4 Å². The Morgan fingerprint density at radius 1 is 1.04 bits per heavy atom. The summed E-state index contributed by atoms with van der Waals surface area (Å²) in [4.78, 5) is 23.2. The maximum atomic E-state index is 14.0. The largest absolute Gasteiger partial charge is 0.494 e. The van der Waals surface area contributed by atoms with Crippen LogP contribution in [-0.4, -0.2) is 37.8 Å². The van der Waals surface area contributed by atoms with Gasteiger partial charge in [-0.15, -0.1) is 0 Å². The maximum absolute atomic E-state index is 14.0. The normalized spacial score (nSPS) is 10.3. The summed E-state index contributed by atoms with van der Waals surface area (Å²) in [6.45, 7) is 2.93. The first-order valence-electron chi connectivity index (χ1n) is 7.95. The number of nitrogens with one attached hydrogen (secondary N) is 1. The Labute approximate surface area is 155 Å². The molecule has 0 bridgehead atoms. The molecule has 2 aromatic rings. The van der Waals surface area contributed by atoms with E-state index in [1.54, 1.807) is 26.0 Å². The smallest absolute Gasteiger partial charge is 0.341 e. The SMILES string of the molecule is COc1cc(OC)c(NC(=O)c2cc(C)c(OCC(=O)O)c(C)c2)cc1F. The van der Waals surface area contributed by atoms with Gasteiger partial charge in [0.2, 0.25) is 0 Å². The molecule has 0 aliphatic heterocycles. The van der Waals surface area contributed by atoms with Crippen LogP contribution < -0.4 is 19.5 Å². The number of aliphatic carboxylic acids is 1. The number of ether oxygens (including phenoxy) is 3. The van der Waals surface area contributed by atoms with Crippen LogP contribution >= 0.6 is 0 Å². The molecule has 27 heavy (non-hydrogen) atoms. The number of anilines is 1. The molecule has 0 aliphatic carbocycles. The minimum Gasteiger partial charge on any atom is -0.494 e. The third kappa shape index (κ3) is 4.66. The first-order valence-corrected chi connectivity index (χ1v) is 7.95. The predicted molar refractivity (Wildman–Crippen MR) is 96.5 cm³/mol. The number of rotatable bonds is 7. The Bertz CT molecular complexity index is 858. The van der Waals surface area contributed by atoms with Crippen molar-refractivity contribution in [1.82, 2.24) is 0 Å². The zero-order valence-corrected chi connectivity index (χ0v) is 15.4. The van der Waals surface area contributed by atoms with Crippen LogP contribution in [0, 0.1) is 19.7 Å². The molecule has 1 amide bonds. The topological polar surface area (TPSA) is 94.1 Å². The summed E-state index contributed by atoms with van der Waals surface area (Å²) >= 11 is 0. The number of hydrogen-bond donors (Lipinski definition) is 2. The van der Waals surface area contributed by atoms with Crippen LogP contribution in [0.25, 0.3) is 0 Å². The van der Waals surface area contributed by atoms with Gasteiger partial charge in [0.05, 0.1) is 19.9 Å². The Hall–Kier alpha value is -3.29. The van der Waals surface area contributed by atoms with E-state index >= 15 is 0 Å². The molecule has 0 aliphatic rings. The zero-order valence-electron chi connectivity index (χ0n) is 15.4. The number of carbonyl (C=O) groups is 2. The molecule has 7 nitrogen and oxygen atoms in total. The van der Waals surface area contributed by atoms with Crippen LogP contribution in [0.3, 0.4) is 0 Å². The monoisotopic (exact) mass is 377 g/mol. The second kappa shape index (κ2) is 8.39. The Balaban J connectivity index is 2.29. The van der Waals surface area contributed by atoms with Gasteiger partial charge >= 0.3 is 5.97 Å². The molecule has 0 unspecified atom stereocenters. The molecule has 0 saturated heterocycles. The number of carboxylic acids is 1. The lowest BCUT2D eigenvalue weighted by molar-refractivity contribution is -0.139. The van der Waals surface area contributed by atoms with Crippen LogP contribution in [0.15, 0.2) is 24.3 Å². The summed E-state index contributed by atoms with van der Waals surface area (Å²) < 4.78 is 29.3. The number of aryl methyl sites for hydroxylation is 2. The number of amides is 1. The molecular weight excluding hydrogens is 357 g/mol. The van der Waals surface area contributed by atoms with Crippen molar-refractivity contribution in [2.45, 2.75) is 13.8 Å². The fraction of sp³-hybridized carbons (Fsp3) is 0.263. The summed E-state index contributed by atoms with van der Waals surface area (Å²) in [5, 5.41) is 11.3. The molecule has 2 rings (SSSR count). The minimum atomic E-state index is -1.09. The van der Waals surface area contributed by atoms with Gasteiger partial charge in [-0.25, -0.2) is 9.18 Å². The quantitative estimate of drug-likeness (QED) is 0.770. The van der Waals surface area contributed by atoms with E-state index < -0.39 is 24.3 Å². The molecule has 144 valence electrons. The lowest BCUT2D eigenvalue weighted by Gasteiger charge is -2.15. The summed E-state index contributed by atoms with van der Waals surface area (Å²) in [6, 6.07) is 5.57. The Kier molecular flexibility index (Phi) is 6.23. The van der Waals surface area contributed by atoms with Gasteiger partial charge in [0.15, 0.2) is 18.2 Å². The molecular formula is C19H20FNO6. The van der Waals surface area contributed by atoms with Crippen LogP contribution in [0.1, 0.15) is 21.5 Å². The van der Waals surface area contributed by atoms with Crippen LogP contribution in [-0.2, 0) is 4.79 Å². The second-order valence-corrected chi connectivity index (χ2v) is 5.76. The van der Waals surface area contributed by atoms with Gasteiger partial charge in [-0.05, 0) is 37.1 Å². The predicted octanol–water partition coefficient (Wildman–Crippen LogP) is 3.18. The molecule has 0 fully saturated rings. The molecule has 0 spiro atoms. The molecule has 0 radical (unpaired) electrons. The Morgan fingerprint density at radius 2 is 1.63 bits per heavy atom. The molecule has 0 saturated carbocycles. The van der Waals surface area contributed by atoms with Crippen molar-refractivity contribution in [2.24, 2.45) is 0 Å². The van der Waals surface area contributed by atoms with Crippen molar-refractivity contribution in [1.29, 1.82) is 0 Å². The van der Waals surface area contributed by atoms with Gasteiger partial charge in [-0.1, -0.05) is 0 Å². The maximum Gasteiger partial charge on any atom is 0.341 e. The highest BCUT2D eigenvalue weighted by Crippen LogP contribution is 2.32. The van der Waals surface area contributed by atoms with E-state index in [0.717, 1.165) is 6.07 Å². The highest BCUT2D eigenvalue weighted by molar-refractivity contribution is 6.05. The molecule has 0 atom stereocenters. The highest BCUT2D eigenvalue weighted by Gasteiger charge is 2.17. The van der Waals surface area contributed by atoms with E-state index in [9.17, 15) is 14.0 Å². The van der Waals surface area contributed by atoms with Crippen molar-refractivity contribution in [3.8, 4) is 17.2 Å². The van der Waals surface area contributed by atoms with Crippen LogP contribution in [0.2, 0.25) is 0 Å². The standard InChI is InChI=1S/C19H20FNO6/c1-10-5-12(6-11(2)18(10)27-9-17(22)23)19(24)21-14-7-13(20)15(25-3)8-16(14)26-4/h5-8H,9H2,1-4H3,(H,21,24)(H,22,23). The van der Waals surface area contributed by atoms with Crippen molar-refractivity contribution < 1.29 is 33.3 Å². The fourth-order valence-corrected chi connectivity index (χ4v) is 2.60. The first kappa shape index (κ1) is 20.0. The second-order valence-electron chi connectivity index (χ2n) is 5.76. The number of methoxy groups -OCH3 is 2. The first-order chi connectivity index (χ1) is 12.8. The van der Waals surface area contributed by atoms with Gasteiger partial charge in [-0.3, -0.25) is 4.79 Å². The van der Waals surface area contributed by atoms with Crippen molar-refractivity contribution >= 4 is 17.6 Å². The Morgan fingerprint density at radius 3 is 2.15 bits per heavy atom. The lowest BCUT2D eigenvalue weighted by Crippen LogP contribution is -2.15. The van der Waals surface area contributed by atoms with Crippen molar-refractivity contribution in [3.05, 3.63) is 46.8 Å². The summed E-state index contributed by atoms with van der Waals surface area (Å²) in [7, 11) is 2.72. The molecule has 2 N–H and O–H groups in total. The average molecular weight is 377 g/mol. The number of carboxylic acid groups (broad SMARTS) is 1. The van der Waals surface area contributed by atoms with Crippen LogP contribution in [0.4, 0.5) is 10.1 Å². The zero-order chi connectivity index (χ0) is 20.1. The lowest BCUT2D eigenvalue weighted by atomic mass is 10.0. The average Bonchev–Trinajstić information content (AvgIpc) is 2.60. The van der Waals surface area contributed by atoms with Gasteiger partial charge in [0, 0.05) is 17.7 Å². The summed E-state index contributed by atoms with van der Waals surface area (Å²) in [5.41, 5.74) is 1.68. The van der Waals surface area contributed by atoms with E-state index in [-0.39, 0.29) is 17.2 Å². The summed E-state index contributed by atoms with van der Waals surface area (Å²) in [5.74, 6) is -1.56. The molecule has 0 aromatic heterocycles. The van der Waals surface area contributed by atoms with Crippen molar-refractivity contribution in [3.63, 3.8) is 0 Å². The fourth-order valence-electron chi connectivity index (χ4n) is 2.60. The minimum absolute atomic E-state index is 0.00327. The van der Waals surface area contributed by atoms with Crippen LogP contribution in [0.5, 0.6) is 17.2 Å². The number of benzene rings is 2. The highest BCUT2D eigenvalue weighted by atomic mass is 19.1. The van der Waals surface area contributed by atoms with Crippen molar-refractivity contribution in [2.75, 3.05) is 26.1 Å².